The normalized spacial score (nSPS) is 16.0. The number of hydrogen-bond donors (Lipinski definition) is 0. The van der Waals surface area contributed by atoms with Crippen molar-refractivity contribution in [3.05, 3.63) is 74.6 Å². The molecule has 1 saturated heterocycles. The molecule has 3 rings (SSSR count). The number of carbonyl (C=O) groups excluding carboxylic acids is 1. The number of amidine groups is 1. The van der Waals surface area contributed by atoms with Crippen molar-refractivity contribution in [2.24, 2.45) is 4.99 Å². The fraction of sp³-hybridized carbons (Fsp3) is 0.357. The zero-order valence-corrected chi connectivity index (χ0v) is 23.6. The largest absolute Gasteiger partial charge is 0.490 e. The number of thioether (sulfide) groups is 1. The molecule has 1 heterocycles. The molecule has 1 amide bonds. The molecule has 0 aliphatic carbocycles. The van der Waals surface area contributed by atoms with Crippen LogP contribution in [0.15, 0.2) is 52.9 Å². The number of rotatable bonds is 10. The number of allylic oxidation sites excluding steroid dienone is 1. The zero-order valence-electron chi connectivity index (χ0n) is 21.3. The Hall–Kier alpha value is -2.41. The predicted octanol–water partition coefficient (Wildman–Crippen LogP) is 7.79. The number of aliphatic imine (C=N–C) groups is 1. The summed E-state index contributed by atoms with van der Waals surface area (Å²) in [6, 6.07) is 9.32. The minimum atomic E-state index is -0.0460. The maximum Gasteiger partial charge on any atom is 0.266 e. The van der Waals surface area contributed by atoms with Crippen molar-refractivity contribution < 1.29 is 14.3 Å². The molecule has 0 spiro atoms. The standard InChI is InChI=1S/C28H32Cl2N2O3S/c1-7-9-20-12-19(14-25-27(33)32(18(5)6)28(36-25)31-17(3)4)13-24(34-8-2)26(20)35-16-21-10-11-22(29)15-23(21)30/h7,10-15,17-18H,1,8-9,16H2,2-6H3/b25-14+,31-28?. The van der Waals surface area contributed by atoms with Gasteiger partial charge >= 0.3 is 0 Å². The van der Waals surface area contributed by atoms with Gasteiger partial charge in [0.2, 0.25) is 0 Å². The number of benzene rings is 2. The van der Waals surface area contributed by atoms with Crippen molar-refractivity contribution in [3.8, 4) is 11.5 Å². The van der Waals surface area contributed by atoms with E-state index in [0.29, 0.717) is 39.5 Å². The van der Waals surface area contributed by atoms with Gasteiger partial charge in [0.1, 0.15) is 6.61 Å². The summed E-state index contributed by atoms with van der Waals surface area (Å²) >= 11 is 13.8. The second-order valence-corrected chi connectivity index (χ2v) is 10.7. The Kier molecular flexibility index (Phi) is 9.94. The quantitative estimate of drug-likeness (QED) is 0.225. The first-order chi connectivity index (χ1) is 17.1. The molecule has 1 fully saturated rings. The number of halogens is 2. The molecular weight excluding hydrogens is 515 g/mol. The van der Waals surface area contributed by atoms with Gasteiger partial charge in [-0.15, -0.1) is 6.58 Å². The Bertz CT molecular complexity index is 1190. The maximum absolute atomic E-state index is 13.2. The summed E-state index contributed by atoms with van der Waals surface area (Å²) in [6.07, 6.45) is 4.27. The van der Waals surface area contributed by atoms with Crippen molar-refractivity contribution in [2.75, 3.05) is 6.61 Å². The van der Waals surface area contributed by atoms with Crippen molar-refractivity contribution in [2.45, 2.75) is 59.7 Å². The number of amides is 1. The molecule has 2 aromatic rings. The maximum atomic E-state index is 13.2. The van der Waals surface area contributed by atoms with Crippen molar-refractivity contribution in [1.82, 2.24) is 4.90 Å². The smallest absolute Gasteiger partial charge is 0.266 e. The minimum Gasteiger partial charge on any atom is -0.490 e. The van der Waals surface area contributed by atoms with E-state index in [-0.39, 0.29) is 24.6 Å². The molecule has 0 saturated carbocycles. The first-order valence-corrected chi connectivity index (χ1v) is 13.5. The van der Waals surface area contributed by atoms with Crippen LogP contribution in [0, 0.1) is 0 Å². The molecule has 1 aliphatic rings. The molecule has 192 valence electrons. The molecule has 0 unspecified atom stereocenters. The van der Waals surface area contributed by atoms with Crippen LogP contribution < -0.4 is 9.47 Å². The average Bonchev–Trinajstić information content (AvgIpc) is 3.08. The van der Waals surface area contributed by atoms with Gasteiger partial charge in [-0.2, -0.15) is 0 Å². The SMILES string of the molecule is C=CCc1cc(/C=C2/SC(=NC(C)C)N(C(C)C)C2=O)cc(OCC)c1OCc1ccc(Cl)cc1Cl. The van der Waals surface area contributed by atoms with Crippen LogP contribution in [0.3, 0.4) is 0 Å². The highest BCUT2D eigenvalue weighted by Crippen LogP contribution is 2.39. The van der Waals surface area contributed by atoms with Crippen LogP contribution in [-0.4, -0.2) is 34.7 Å². The van der Waals surface area contributed by atoms with Gasteiger partial charge in [-0.3, -0.25) is 14.7 Å². The van der Waals surface area contributed by atoms with Crippen LogP contribution in [0.5, 0.6) is 11.5 Å². The lowest BCUT2D eigenvalue weighted by Gasteiger charge is -2.20. The van der Waals surface area contributed by atoms with Crippen LogP contribution in [0.25, 0.3) is 6.08 Å². The summed E-state index contributed by atoms with van der Waals surface area (Å²) in [7, 11) is 0. The van der Waals surface area contributed by atoms with E-state index in [2.05, 4.69) is 11.6 Å². The van der Waals surface area contributed by atoms with Crippen LogP contribution in [0.2, 0.25) is 10.0 Å². The number of carbonyl (C=O) groups is 1. The lowest BCUT2D eigenvalue weighted by atomic mass is 10.0. The molecule has 0 radical (unpaired) electrons. The number of nitrogens with zero attached hydrogens (tertiary/aromatic N) is 2. The van der Waals surface area contributed by atoms with Gasteiger partial charge in [-0.25, -0.2) is 0 Å². The fourth-order valence-electron chi connectivity index (χ4n) is 3.69. The highest BCUT2D eigenvalue weighted by molar-refractivity contribution is 8.18. The highest BCUT2D eigenvalue weighted by Gasteiger charge is 2.35. The zero-order chi connectivity index (χ0) is 26.4. The van der Waals surface area contributed by atoms with E-state index >= 15 is 0 Å². The molecule has 0 N–H and O–H groups in total. The van der Waals surface area contributed by atoms with Crippen LogP contribution in [0.1, 0.15) is 51.3 Å². The van der Waals surface area contributed by atoms with Crippen LogP contribution in [0.4, 0.5) is 0 Å². The third kappa shape index (κ3) is 6.87. The fourth-order valence-corrected chi connectivity index (χ4v) is 5.39. The van der Waals surface area contributed by atoms with Gasteiger partial charge in [0.25, 0.3) is 5.91 Å². The summed E-state index contributed by atoms with van der Waals surface area (Å²) in [6.45, 7) is 14.5. The van der Waals surface area contributed by atoms with E-state index in [1.165, 1.54) is 11.8 Å². The minimum absolute atomic E-state index is 0.0131. The summed E-state index contributed by atoms with van der Waals surface area (Å²) in [5, 5.41) is 1.84. The lowest BCUT2D eigenvalue weighted by molar-refractivity contribution is -0.123. The van der Waals surface area contributed by atoms with E-state index in [1.54, 1.807) is 17.0 Å². The van der Waals surface area contributed by atoms with Crippen LogP contribution >= 0.6 is 35.0 Å². The first-order valence-electron chi connectivity index (χ1n) is 11.9. The summed E-state index contributed by atoms with van der Waals surface area (Å²) < 4.78 is 12.2. The Labute approximate surface area is 228 Å². The second kappa shape index (κ2) is 12.7. The molecule has 1 aliphatic heterocycles. The predicted molar refractivity (Wildman–Crippen MR) is 152 cm³/mol. The number of hydrogen-bond acceptors (Lipinski definition) is 5. The topological polar surface area (TPSA) is 51.1 Å². The van der Waals surface area contributed by atoms with E-state index in [0.717, 1.165) is 21.9 Å². The monoisotopic (exact) mass is 546 g/mol. The molecule has 36 heavy (non-hydrogen) atoms. The Morgan fingerprint density at radius 2 is 1.86 bits per heavy atom. The van der Waals surface area contributed by atoms with E-state index in [1.807, 2.05) is 65.0 Å². The van der Waals surface area contributed by atoms with Gasteiger partial charge in [0, 0.05) is 33.3 Å². The third-order valence-electron chi connectivity index (χ3n) is 5.23. The highest BCUT2D eigenvalue weighted by atomic mass is 35.5. The van der Waals surface area contributed by atoms with Gasteiger partial charge in [-0.1, -0.05) is 35.3 Å². The molecule has 5 nitrogen and oxygen atoms in total. The van der Waals surface area contributed by atoms with Gasteiger partial charge < -0.3 is 9.47 Å². The van der Waals surface area contributed by atoms with Crippen LogP contribution in [-0.2, 0) is 17.8 Å². The summed E-state index contributed by atoms with van der Waals surface area (Å²) in [5.41, 5.74) is 2.57. The molecule has 2 aromatic carbocycles. The second-order valence-electron chi connectivity index (χ2n) is 8.84. The molecule has 8 heteroatoms. The van der Waals surface area contributed by atoms with Gasteiger partial charge in [0.05, 0.1) is 11.5 Å². The van der Waals surface area contributed by atoms with Crippen molar-refractivity contribution in [1.29, 1.82) is 0 Å². The average molecular weight is 548 g/mol. The summed E-state index contributed by atoms with van der Waals surface area (Å²) in [5.74, 6) is 1.18. The van der Waals surface area contributed by atoms with Crippen molar-refractivity contribution >= 4 is 52.1 Å². The molecule has 0 aromatic heterocycles. The number of ether oxygens (including phenoxy) is 2. The summed E-state index contributed by atoms with van der Waals surface area (Å²) in [4.78, 5) is 20.2. The first kappa shape index (κ1) is 28.2. The van der Waals surface area contributed by atoms with E-state index < -0.39 is 0 Å². The van der Waals surface area contributed by atoms with E-state index in [9.17, 15) is 4.79 Å². The van der Waals surface area contributed by atoms with Gasteiger partial charge in [0.15, 0.2) is 16.7 Å². The van der Waals surface area contributed by atoms with Crippen molar-refractivity contribution in [3.63, 3.8) is 0 Å². The Morgan fingerprint density at radius 3 is 2.47 bits per heavy atom. The van der Waals surface area contributed by atoms with E-state index in [4.69, 9.17) is 32.7 Å². The molecule has 0 bridgehead atoms. The molecular formula is C28H32Cl2N2O3S. The Balaban J connectivity index is 2.00. The molecule has 0 atom stereocenters. The van der Waals surface area contributed by atoms with Gasteiger partial charge in [-0.05, 0) is 88.7 Å². The lowest BCUT2D eigenvalue weighted by Crippen LogP contribution is -2.35. The Morgan fingerprint density at radius 1 is 1.11 bits per heavy atom. The third-order valence-corrected chi connectivity index (χ3v) is 6.81.